The van der Waals surface area contributed by atoms with E-state index < -0.39 is 6.10 Å². The molecule has 1 fully saturated rings. The smallest absolute Gasteiger partial charge is 0.119 e. The fraction of sp³-hybridized carbons (Fsp3) is 0.679. The predicted molar refractivity (Wildman–Crippen MR) is 134 cm³/mol. The molecule has 3 rings (SSSR count). The molecule has 0 radical (unpaired) electrons. The normalized spacial score (nSPS) is 20.5. The minimum atomic E-state index is -0.453. The lowest BCUT2D eigenvalue weighted by molar-refractivity contribution is 0.0903. The summed E-state index contributed by atoms with van der Waals surface area (Å²) in [5, 5.41) is 12.0. The van der Waals surface area contributed by atoms with Crippen LogP contribution in [-0.4, -0.2) is 41.7 Å². The summed E-state index contributed by atoms with van der Waals surface area (Å²) in [4.78, 5) is 7.15. The molecule has 32 heavy (non-hydrogen) atoms. The molecule has 178 valence electrons. The summed E-state index contributed by atoms with van der Waals surface area (Å²) >= 11 is 0. The molecule has 4 heteroatoms. The number of methoxy groups -OCH3 is 1. The summed E-state index contributed by atoms with van der Waals surface area (Å²) in [7, 11) is 1.68. The number of ether oxygens (including phenoxy) is 1. The molecule has 1 saturated heterocycles. The van der Waals surface area contributed by atoms with E-state index in [2.05, 4.69) is 23.7 Å². The molecule has 1 aromatic carbocycles. The molecule has 1 N–H and O–H groups in total. The number of hydrogen-bond donors (Lipinski definition) is 1. The second-order valence-corrected chi connectivity index (χ2v) is 9.66. The van der Waals surface area contributed by atoms with E-state index >= 15 is 0 Å². The van der Waals surface area contributed by atoms with Crippen LogP contribution in [-0.2, 0) is 0 Å². The molecular weight excluding hydrogens is 396 g/mol. The quantitative estimate of drug-likeness (QED) is 0.349. The topological polar surface area (TPSA) is 45.6 Å². The molecule has 1 aromatic heterocycles. The van der Waals surface area contributed by atoms with Crippen molar-refractivity contribution >= 4 is 10.9 Å². The number of fused-ring (bicyclic) bond motifs is 1. The standard InChI is InChI=1S/C28H44N2O2/c1-4-6-7-8-9-10-18-30-19-16-23(22(5-2)21-30)11-14-28(31)25-15-17-29-27-13-12-24(32-3)20-26(25)27/h12-13,15,17,20,22-23,28,31H,4-11,14,16,18-19,21H2,1-3H3/t22-,23+,28+/m0/s1. The van der Waals surface area contributed by atoms with Crippen LogP contribution in [0.1, 0.15) is 89.7 Å². The van der Waals surface area contributed by atoms with Gasteiger partial charge in [-0.3, -0.25) is 4.98 Å². The van der Waals surface area contributed by atoms with E-state index in [1.165, 1.54) is 71.0 Å². The van der Waals surface area contributed by atoms with E-state index in [-0.39, 0.29) is 0 Å². The van der Waals surface area contributed by atoms with Crippen LogP contribution in [0.3, 0.4) is 0 Å². The number of unbranched alkanes of at least 4 members (excludes halogenated alkanes) is 5. The maximum Gasteiger partial charge on any atom is 0.119 e. The van der Waals surface area contributed by atoms with Crippen molar-refractivity contribution in [1.29, 1.82) is 0 Å². The SMILES string of the molecule is CCCCCCCCN1CC[C@@H](CC[C@@H](O)c2ccnc3ccc(OC)cc23)[C@@H](CC)C1. The first kappa shape index (κ1) is 25.0. The van der Waals surface area contributed by atoms with Crippen LogP contribution >= 0.6 is 0 Å². The van der Waals surface area contributed by atoms with Crippen LogP contribution in [0.15, 0.2) is 30.5 Å². The van der Waals surface area contributed by atoms with Gasteiger partial charge in [-0.05, 0) is 80.4 Å². The average molecular weight is 441 g/mol. The number of aromatic nitrogens is 1. The van der Waals surface area contributed by atoms with Crippen molar-refractivity contribution < 1.29 is 9.84 Å². The highest BCUT2D eigenvalue weighted by Gasteiger charge is 2.28. The fourth-order valence-corrected chi connectivity index (χ4v) is 5.41. The van der Waals surface area contributed by atoms with Crippen LogP contribution in [0.4, 0.5) is 0 Å². The molecule has 0 spiro atoms. The molecule has 1 aliphatic rings. The van der Waals surface area contributed by atoms with Crippen LogP contribution < -0.4 is 4.74 Å². The highest BCUT2D eigenvalue weighted by molar-refractivity contribution is 5.83. The minimum Gasteiger partial charge on any atom is -0.497 e. The maximum atomic E-state index is 11.0. The first-order valence-corrected chi connectivity index (χ1v) is 13.0. The van der Waals surface area contributed by atoms with E-state index in [1.54, 1.807) is 7.11 Å². The Morgan fingerprint density at radius 1 is 1.09 bits per heavy atom. The number of rotatable bonds is 13. The Balaban J connectivity index is 1.50. The zero-order valence-corrected chi connectivity index (χ0v) is 20.6. The van der Waals surface area contributed by atoms with Crippen molar-refractivity contribution in [3.05, 3.63) is 36.0 Å². The minimum absolute atomic E-state index is 0.453. The molecule has 2 aromatic rings. The van der Waals surface area contributed by atoms with Gasteiger partial charge in [0.1, 0.15) is 5.75 Å². The molecule has 0 saturated carbocycles. The summed E-state index contributed by atoms with van der Waals surface area (Å²) in [6, 6.07) is 7.86. The van der Waals surface area contributed by atoms with Gasteiger partial charge in [0, 0.05) is 18.1 Å². The maximum absolute atomic E-state index is 11.0. The van der Waals surface area contributed by atoms with Gasteiger partial charge in [0.25, 0.3) is 0 Å². The van der Waals surface area contributed by atoms with Crippen molar-refractivity contribution in [3.63, 3.8) is 0 Å². The predicted octanol–water partition coefficient (Wildman–Crippen LogP) is 6.77. The molecule has 0 amide bonds. The molecule has 0 bridgehead atoms. The zero-order valence-electron chi connectivity index (χ0n) is 20.6. The summed E-state index contributed by atoms with van der Waals surface area (Å²) in [5.41, 5.74) is 1.89. The van der Waals surface area contributed by atoms with E-state index in [4.69, 9.17) is 4.74 Å². The average Bonchev–Trinajstić information content (AvgIpc) is 2.84. The van der Waals surface area contributed by atoms with Crippen molar-refractivity contribution in [2.75, 3.05) is 26.7 Å². The Bertz CT molecular complexity index is 809. The van der Waals surface area contributed by atoms with E-state index in [0.717, 1.165) is 46.9 Å². The van der Waals surface area contributed by atoms with Gasteiger partial charge in [0.15, 0.2) is 0 Å². The van der Waals surface area contributed by atoms with Crippen LogP contribution in [0.25, 0.3) is 10.9 Å². The second kappa shape index (κ2) is 13.2. The van der Waals surface area contributed by atoms with E-state index in [9.17, 15) is 5.11 Å². The Morgan fingerprint density at radius 2 is 1.91 bits per heavy atom. The number of benzene rings is 1. The van der Waals surface area contributed by atoms with Gasteiger partial charge in [-0.15, -0.1) is 0 Å². The van der Waals surface area contributed by atoms with Crippen LogP contribution in [0.2, 0.25) is 0 Å². The summed E-state index contributed by atoms with van der Waals surface area (Å²) < 4.78 is 5.39. The number of nitrogens with zero attached hydrogens (tertiary/aromatic N) is 2. The van der Waals surface area contributed by atoms with Crippen LogP contribution in [0, 0.1) is 11.8 Å². The second-order valence-electron chi connectivity index (χ2n) is 9.66. The zero-order chi connectivity index (χ0) is 22.8. The number of likely N-dealkylation sites (tertiary alicyclic amines) is 1. The molecule has 1 aliphatic heterocycles. The highest BCUT2D eigenvalue weighted by atomic mass is 16.5. The van der Waals surface area contributed by atoms with Gasteiger partial charge >= 0.3 is 0 Å². The first-order chi connectivity index (χ1) is 15.7. The van der Waals surface area contributed by atoms with Gasteiger partial charge in [-0.25, -0.2) is 0 Å². The first-order valence-electron chi connectivity index (χ1n) is 13.0. The Morgan fingerprint density at radius 3 is 2.69 bits per heavy atom. The lowest BCUT2D eigenvalue weighted by Gasteiger charge is -2.39. The summed E-state index contributed by atoms with van der Waals surface area (Å²) in [6.45, 7) is 8.35. The molecule has 0 unspecified atom stereocenters. The van der Waals surface area contributed by atoms with Crippen molar-refractivity contribution in [2.45, 2.75) is 84.2 Å². The molecule has 2 heterocycles. The molecule has 0 aliphatic carbocycles. The van der Waals surface area contributed by atoms with Crippen molar-refractivity contribution in [2.24, 2.45) is 11.8 Å². The van der Waals surface area contributed by atoms with Crippen LogP contribution in [0.5, 0.6) is 5.75 Å². The summed E-state index contributed by atoms with van der Waals surface area (Å²) in [6.07, 6.45) is 14.0. The third kappa shape index (κ3) is 6.92. The van der Waals surface area contributed by atoms with Gasteiger partial charge in [0.05, 0.1) is 18.7 Å². The highest BCUT2D eigenvalue weighted by Crippen LogP contribution is 2.34. The summed E-state index contributed by atoms with van der Waals surface area (Å²) in [5.74, 6) is 2.28. The number of piperidine rings is 1. The van der Waals surface area contributed by atoms with E-state index in [1.807, 2.05) is 30.5 Å². The Labute approximate surface area is 195 Å². The lowest BCUT2D eigenvalue weighted by atomic mass is 9.80. The monoisotopic (exact) mass is 440 g/mol. The van der Waals surface area contributed by atoms with Gasteiger partial charge in [-0.1, -0.05) is 52.4 Å². The number of hydrogen-bond acceptors (Lipinski definition) is 4. The molecular formula is C28H44N2O2. The lowest BCUT2D eigenvalue weighted by Crippen LogP contribution is -2.40. The molecule has 3 atom stereocenters. The Hall–Kier alpha value is -1.65. The van der Waals surface area contributed by atoms with Gasteiger partial charge < -0.3 is 14.7 Å². The van der Waals surface area contributed by atoms with Gasteiger partial charge in [-0.2, -0.15) is 0 Å². The van der Waals surface area contributed by atoms with E-state index in [0.29, 0.717) is 0 Å². The van der Waals surface area contributed by atoms with Gasteiger partial charge in [0.2, 0.25) is 0 Å². The molecule has 4 nitrogen and oxygen atoms in total. The Kier molecular flexibility index (Phi) is 10.3. The third-order valence-electron chi connectivity index (χ3n) is 7.48. The number of aliphatic hydroxyl groups excluding tert-OH is 1. The third-order valence-corrected chi connectivity index (χ3v) is 7.48. The van der Waals surface area contributed by atoms with Crippen molar-refractivity contribution in [1.82, 2.24) is 9.88 Å². The largest absolute Gasteiger partial charge is 0.497 e. The van der Waals surface area contributed by atoms with Crippen molar-refractivity contribution in [3.8, 4) is 5.75 Å². The number of pyridine rings is 1. The fourth-order valence-electron chi connectivity index (χ4n) is 5.41. The number of aliphatic hydroxyl groups is 1.